The summed E-state index contributed by atoms with van der Waals surface area (Å²) in [5.41, 5.74) is 1.46. The molecule has 0 N–H and O–H groups in total. The molecule has 1 aliphatic carbocycles. The van der Waals surface area contributed by atoms with Gasteiger partial charge in [-0.1, -0.05) is 12.1 Å². The highest BCUT2D eigenvalue weighted by molar-refractivity contribution is 6.01. The maximum atomic E-state index is 11.9. The van der Waals surface area contributed by atoms with E-state index >= 15 is 0 Å². The van der Waals surface area contributed by atoms with Crippen molar-refractivity contribution >= 4 is 11.8 Å². The number of Topliss-reactive ketones (excluding diaryl/α,β-unsaturated/α-hetero) is 1. The molecule has 1 aliphatic rings. The van der Waals surface area contributed by atoms with Crippen molar-refractivity contribution in [1.82, 2.24) is 0 Å². The van der Waals surface area contributed by atoms with Crippen LogP contribution in [0.1, 0.15) is 22.3 Å². The Morgan fingerprint density at radius 1 is 1.29 bits per heavy atom. The Morgan fingerprint density at radius 3 is 2.71 bits per heavy atom. The normalized spacial score (nSPS) is 18.5. The van der Waals surface area contributed by atoms with Crippen LogP contribution in [0.15, 0.2) is 18.2 Å². The van der Waals surface area contributed by atoms with Crippen molar-refractivity contribution in [2.45, 2.75) is 12.8 Å². The number of carbonyl (C=O) groups is 2. The lowest BCUT2D eigenvalue weighted by atomic mass is 9.82. The highest BCUT2D eigenvalue weighted by Crippen LogP contribution is 2.32. The standard InChI is InChI=1S/C13H14O4/c1-16-12-5-3-4-9-10(12)6-8(7-11(9)14)13(15)17-2/h3-5,8H,6-7H2,1-2H3/t8-/m1/s1. The summed E-state index contributed by atoms with van der Waals surface area (Å²) in [6.07, 6.45) is 0.713. The second kappa shape index (κ2) is 4.57. The van der Waals surface area contributed by atoms with E-state index in [1.807, 2.05) is 0 Å². The molecule has 1 atom stereocenters. The van der Waals surface area contributed by atoms with Gasteiger partial charge in [0.2, 0.25) is 0 Å². The van der Waals surface area contributed by atoms with Crippen LogP contribution in [-0.4, -0.2) is 26.0 Å². The lowest BCUT2D eigenvalue weighted by Gasteiger charge is -2.23. The molecule has 90 valence electrons. The van der Waals surface area contributed by atoms with Gasteiger partial charge in [-0.25, -0.2) is 0 Å². The van der Waals surface area contributed by atoms with E-state index in [4.69, 9.17) is 9.47 Å². The second-order valence-electron chi connectivity index (χ2n) is 4.04. The number of hydrogen-bond acceptors (Lipinski definition) is 4. The molecule has 0 radical (unpaired) electrons. The van der Waals surface area contributed by atoms with Crippen LogP contribution in [0.3, 0.4) is 0 Å². The van der Waals surface area contributed by atoms with Gasteiger partial charge in [-0.15, -0.1) is 0 Å². The fourth-order valence-electron chi connectivity index (χ4n) is 2.21. The SMILES string of the molecule is COC(=O)[C@H]1CC(=O)c2cccc(OC)c2C1. The van der Waals surface area contributed by atoms with Gasteiger partial charge in [0, 0.05) is 17.5 Å². The molecule has 0 spiro atoms. The molecule has 0 bridgehead atoms. The Balaban J connectivity index is 2.40. The summed E-state index contributed by atoms with van der Waals surface area (Å²) < 4.78 is 9.91. The van der Waals surface area contributed by atoms with E-state index in [1.54, 1.807) is 25.3 Å². The number of ether oxygens (including phenoxy) is 2. The van der Waals surface area contributed by atoms with Gasteiger partial charge in [-0.2, -0.15) is 0 Å². The molecule has 1 aromatic carbocycles. The lowest BCUT2D eigenvalue weighted by molar-refractivity contribution is -0.145. The molecular weight excluding hydrogens is 220 g/mol. The first-order chi connectivity index (χ1) is 8.17. The first-order valence-corrected chi connectivity index (χ1v) is 5.44. The van der Waals surface area contributed by atoms with Crippen LogP contribution in [0.25, 0.3) is 0 Å². The van der Waals surface area contributed by atoms with E-state index < -0.39 is 5.92 Å². The Kier molecular flexibility index (Phi) is 3.13. The summed E-state index contributed by atoms with van der Waals surface area (Å²) in [6.45, 7) is 0. The molecule has 2 rings (SSSR count). The molecule has 0 saturated heterocycles. The summed E-state index contributed by atoms with van der Waals surface area (Å²) >= 11 is 0. The van der Waals surface area contributed by atoms with E-state index in [1.165, 1.54) is 7.11 Å². The van der Waals surface area contributed by atoms with E-state index in [0.29, 0.717) is 17.7 Å². The molecule has 17 heavy (non-hydrogen) atoms. The largest absolute Gasteiger partial charge is 0.496 e. The Morgan fingerprint density at radius 2 is 2.06 bits per heavy atom. The third-order valence-corrected chi connectivity index (χ3v) is 3.07. The Labute approximate surface area is 99.5 Å². The van der Waals surface area contributed by atoms with Crippen LogP contribution < -0.4 is 4.74 Å². The zero-order valence-electron chi connectivity index (χ0n) is 9.86. The number of carbonyl (C=O) groups excluding carboxylic acids is 2. The van der Waals surface area contributed by atoms with Crippen LogP contribution in [0.5, 0.6) is 5.75 Å². The smallest absolute Gasteiger partial charge is 0.309 e. The van der Waals surface area contributed by atoms with Crippen molar-refractivity contribution in [1.29, 1.82) is 0 Å². The fourth-order valence-corrected chi connectivity index (χ4v) is 2.21. The number of ketones is 1. The third-order valence-electron chi connectivity index (χ3n) is 3.07. The molecular formula is C13H14O4. The molecule has 0 saturated carbocycles. The van der Waals surface area contributed by atoms with Gasteiger partial charge < -0.3 is 9.47 Å². The van der Waals surface area contributed by atoms with Crippen molar-refractivity contribution < 1.29 is 19.1 Å². The predicted octanol–water partition coefficient (Wildman–Crippen LogP) is 1.61. The Hall–Kier alpha value is -1.84. The zero-order chi connectivity index (χ0) is 12.4. The molecule has 0 aromatic heterocycles. The van der Waals surface area contributed by atoms with Crippen molar-refractivity contribution in [2.75, 3.05) is 14.2 Å². The minimum atomic E-state index is -0.392. The highest BCUT2D eigenvalue weighted by Gasteiger charge is 2.32. The third kappa shape index (κ3) is 2.02. The first-order valence-electron chi connectivity index (χ1n) is 5.44. The van der Waals surface area contributed by atoms with Crippen LogP contribution in [-0.2, 0) is 16.0 Å². The molecule has 0 unspecified atom stereocenters. The van der Waals surface area contributed by atoms with Gasteiger partial charge in [-0.05, 0) is 12.5 Å². The van der Waals surface area contributed by atoms with Crippen LogP contribution >= 0.6 is 0 Å². The van der Waals surface area contributed by atoms with Crippen molar-refractivity contribution in [3.63, 3.8) is 0 Å². The lowest BCUT2D eigenvalue weighted by Crippen LogP contribution is -2.27. The monoisotopic (exact) mass is 234 g/mol. The quantitative estimate of drug-likeness (QED) is 0.729. The molecule has 4 nitrogen and oxygen atoms in total. The van der Waals surface area contributed by atoms with Gasteiger partial charge in [0.15, 0.2) is 5.78 Å². The number of esters is 1. The van der Waals surface area contributed by atoms with Gasteiger partial charge in [0.1, 0.15) is 5.75 Å². The summed E-state index contributed by atoms with van der Waals surface area (Å²) in [5, 5.41) is 0. The molecule has 0 fully saturated rings. The summed E-state index contributed by atoms with van der Waals surface area (Å²) in [5.74, 6) is -0.101. The maximum absolute atomic E-state index is 11.9. The zero-order valence-corrected chi connectivity index (χ0v) is 9.86. The summed E-state index contributed by atoms with van der Waals surface area (Å²) in [4.78, 5) is 23.4. The predicted molar refractivity (Wildman–Crippen MR) is 61.2 cm³/mol. The average molecular weight is 234 g/mol. The Bertz CT molecular complexity index is 464. The van der Waals surface area contributed by atoms with Gasteiger partial charge in [-0.3, -0.25) is 9.59 Å². The van der Waals surface area contributed by atoms with Crippen LogP contribution in [0.2, 0.25) is 0 Å². The van der Waals surface area contributed by atoms with Gasteiger partial charge >= 0.3 is 5.97 Å². The van der Waals surface area contributed by atoms with E-state index in [2.05, 4.69) is 0 Å². The second-order valence-corrected chi connectivity index (χ2v) is 4.04. The number of benzene rings is 1. The van der Waals surface area contributed by atoms with E-state index in [9.17, 15) is 9.59 Å². The fraction of sp³-hybridized carbons (Fsp3) is 0.385. The molecule has 0 amide bonds. The highest BCUT2D eigenvalue weighted by atomic mass is 16.5. The van der Waals surface area contributed by atoms with Gasteiger partial charge in [0.25, 0.3) is 0 Å². The van der Waals surface area contributed by atoms with Crippen molar-refractivity contribution in [3.8, 4) is 5.75 Å². The minimum Gasteiger partial charge on any atom is -0.496 e. The summed E-state index contributed by atoms with van der Waals surface area (Å²) in [7, 11) is 2.90. The molecule has 0 aliphatic heterocycles. The number of methoxy groups -OCH3 is 2. The van der Waals surface area contributed by atoms with Gasteiger partial charge in [0.05, 0.1) is 20.1 Å². The van der Waals surface area contributed by atoms with E-state index in [-0.39, 0.29) is 18.2 Å². The van der Waals surface area contributed by atoms with Crippen molar-refractivity contribution in [3.05, 3.63) is 29.3 Å². The number of hydrogen-bond donors (Lipinski definition) is 0. The molecule has 4 heteroatoms. The number of fused-ring (bicyclic) bond motifs is 1. The van der Waals surface area contributed by atoms with Crippen molar-refractivity contribution in [2.24, 2.45) is 5.92 Å². The van der Waals surface area contributed by atoms with Crippen LogP contribution in [0.4, 0.5) is 0 Å². The maximum Gasteiger partial charge on any atom is 0.309 e. The summed E-state index contributed by atoms with van der Waals surface area (Å²) in [6, 6.07) is 5.35. The molecule has 1 aromatic rings. The van der Waals surface area contributed by atoms with Crippen LogP contribution in [0, 0.1) is 5.92 Å². The number of rotatable bonds is 2. The molecule has 0 heterocycles. The first kappa shape index (κ1) is 11.6. The minimum absolute atomic E-state index is 0.0273. The van der Waals surface area contributed by atoms with E-state index in [0.717, 1.165) is 5.56 Å². The average Bonchev–Trinajstić information content (AvgIpc) is 2.37. The topological polar surface area (TPSA) is 52.6 Å².